The molecule has 0 amide bonds. The van der Waals surface area contributed by atoms with Crippen LogP contribution in [0.25, 0.3) is 0 Å². The third kappa shape index (κ3) is 4.37. The Labute approximate surface area is 99.9 Å². The highest BCUT2D eigenvalue weighted by Gasteiger charge is 2.22. The molecular weight excluding hydrogens is 202 g/mol. The van der Waals surface area contributed by atoms with Gasteiger partial charge in [0.25, 0.3) is 0 Å². The lowest BCUT2D eigenvalue weighted by atomic mass is 10.2. The molecule has 0 spiro atoms. The average Bonchev–Trinajstić information content (AvgIpc) is 2.30. The number of piperazine rings is 1. The molecule has 1 aliphatic heterocycles. The number of hydrogen-bond donors (Lipinski definition) is 1. The van der Waals surface area contributed by atoms with Gasteiger partial charge in [-0.05, 0) is 20.0 Å². The minimum Gasteiger partial charge on any atom is -0.383 e. The van der Waals surface area contributed by atoms with Gasteiger partial charge in [-0.1, -0.05) is 6.92 Å². The van der Waals surface area contributed by atoms with Crippen LogP contribution in [0.1, 0.15) is 13.3 Å². The molecule has 1 atom stereocenters. The fraction of sp³-hybridized carbons (Fsp3) is 1.00. The van der Waals surface area contributed by atoms with Gasteiger partial charge in [0.15, 0.2) is 0 Å². The first-order valence-corrected chi connectivity index (χ1v) is 6.41. The lowest BCUT2D eigenvalue weighted by molar-refractivity contribution is 0.0504. The highest BCUT2D eigenvalue weighted by molar-refractivity contribution is 4.79. The van der Waals surface area contributed by atoms with Crippen molar-refractivity contribution in [1.29, 1.82) is 0 Å². The summed E-state index contributed by atoms with van der Waals surface area (Å²) in [5, 5.41) is 3.25. The molecule has 1 rings (SSSR count). The molecule has 0 aromatic carbocycles. The zero-order chi connectivity index (χ0) is 11.8. The van der Waals surface area contributed by atoms with Crippen molar-refractivity contribution in [2.45, 2.75) is 19.4 Å². The first kappa shape index (κ1) is 13.9. The first-order chi connectivity index (χ1) is 7.81. The summed E-state index contributed by atoms with van der Waals surface area (Å²) in [4.78, 5) is 5.10. The van der Waals surface area contributed by atoms with E-state index in [-0.39, 0.29) is 0 Å². The molecule has 1 heterocycles. The van der Waals surface area contributed by atoms with Gasteiger partial charge in [-0.3, -0.25) is 4.90 Å². The smallest absolute Gasteiger partial charge is 0.0630 e. The zero-order valence-corrected chi connectivity index (χ0v) is 11.0. The number of nitrogens with one attached hydrogen (secondary N) is 1. The third-order valence-electron chi connectivity index (χ3n) is 3.26. The van der Waals surface area contributed by atoms with E-state index in [1.807, 2.05) is 7.05 Å². The Kier molecular flexibility index (Phi) is 6.96. The predicted molar refractivity (Wildman–Crippen MR) is 67.9 cm³/mol. The molecule has 0 bridgehead atoms. The van der Waals surface area contributed by atoms with Crippen molar-refractivity contribution >= 4 is 0 Å². The molecular formula is C12H27N3O. The predicted octanol–water partition coefficient (Wildman–Crippen LogP) is 0.248. The molecule has 16 heavy (non-hydrogen) atoms. The van der Waals surface area contributed by atoms with Crippen LogP contribution in [0.3, 0.4) is 0 Å². The van der Waals surface area contributed by atoms with Crippen LogP contribution in [-0.2, 0) is 4.74 Å². The third-order valence-corrected chi connectivity index (χ3v) is 3.26. The van der Waals surface area contributed by atoms with Crippen molar-refractivity contribution < 1.29 is 4.74 Å². The van der Waals surface area contributed by atoms with Gasteiger partial charge >= 0.3 is 0 Å². The second-order valence-corrected chi connectivity index (χ2v) is 4.54. The molecule has 1 N–H and O–H groups in total. The Morgan fingerprint density at radius 3 is 2.44 bits per heavy atom. The summed E-state index contributed by atoms with van der Waals surface area (Å²) in [5.41, 5.74) is 0. The van der Waals surface area contributed by atoms with E-state index in [1.54, 1.807) is 7.11 Å². The van der Waals surface area contributed by atoms with Crippen molar-refractivity contribution in [2.75, 3.05) is 60.0 Å². The van der Waals surface area contributed by atoms with Gasteiger partial charge in [0.05, 0.1) is 6.61 Å². The highest BCUT2D eigenvalue weighted by Crippen LogP contribution is 2.07. The molecule has 0 saturated carbocycles. The normalized spacial score (nSPS) is 21.2. The lowest BCUT2D eigenvalue weighted by Crippen LogP contribution is -2.54. The maximum Gasteiger partial charge on any atom is 0.0630 e. The van der Waals surface area contributed by atoms with Crippen molar-refractivity contribution in [3.8, 4) is 0 Å². The molecule has 0 aliphatic carbocycles. The van der Waals surface area contributed by atoms with E-state index in [1.165, 1.54) is 39.1 Å². The standard InChI is InChI=1S/C12H27N3O/c1-4-5-14-6-8-15(9-7-14)12(10-13-2)11-16-3/h12-13H,4-11H2,1-3H3. The highest BCUT2D eigenvalue weighted by atomic mass is 16.5. The van der Waals surface area contributed by atoms with Crippen LogP contribution in [0.5, 0.6) is 0 Å². The molecule has 0 radical (unpaired) electrons. The van der Waals surface area contributed by atoms with E-state index < -0.39 is 0 Å². The molecule has 1 fully saturated rings. The SMILES string of the molecule is CCCN1CCN(C(CNC)COC)CC1. The molecule has 0 aromatic rings. The van der Waals surface area contributed by atoms with Gasteiger partial charge in [-0.15, -0.1) is 0 Å². The van der Waals surface area contributed by atoms with Crippen molar-refractivity contribution in [1.82, 2.24) is 15.1 Å². The van der Waals surface area contributed by atoms with E-state index in [0.717, 1.165) is 13.2 Å². The topological polar surface area (TPSA) is 27.7 Å². The van der Waals surface area contributed by atoms with Crippen LogP contribution < -0.4 is 5.32 Å². The number of ether oxygens (including phenoxy) is 1. The van der Waals surface area contributed by atoms with Gasteiger partial charge in [0, 0.05) is 45.9 Å². The number of hydrogen-bond acceptors (Lipinski definition) is 4. The van der Waals surface area contributed by atoms with Crippen LogP contribution in [0.2, 0.25) is 0 Å². The summed E-state index contributed by atoms with van der Waals surface area (Å²) in [6.07, 6.45) is 1.26. The van der Waals surface area contributed by atoms with E-state index in [9.17, 15) is 0 Å². The van der Waals surface area contributed by atoms with Crippen LogP contribution in [-0.4, -0.2) is 75.9 Å². The van der Waals surface area contributed by atoms with Gasteiger partial charge in [-0.2, -0.15) is 0 Å². The van der Waals surface area contributed by atoms with E-state index >= 15 is 0 Å². The maximum absolute atomic E-state index is 5.29. The summed E-state index contributed by atoms with van der Waals surface area (Å²) in [6, 6.07) is 0.527. The van der Waals surface area contributed by atoms with Gasteiger partial charge in [0.2, 0.25) is 0 Å². The molecule has 4 heteroatoms. The fourth-order valence-electron chi connectivity index (χ4n) is 2.39. The summed E-state index contributed by atoms with van der Waals surface area (Å²) in [7, 11) is 3.80. The van der Waals surface area contributed by atoms with Gasteiger partial charge in [-0.25, -0.2) is 0 Å². The van der Waals surface area contributed by atoms with Crippen LogP contribution in [0.4, 0.5) is 0 Å². The second kappa shape index (κ2) is 8.01. The van der Waals surface area contributed by atoms with Gasteiger partial charge in [0.1, 0.15) is 0 Å². The maximum atomic E-state index is 5.29. The zero-order valence-electron chi connectivity index (χ0n) is 11.0. The monoisotopic (exact) mass is 229 g/mol. The molecule has 4 nitrogen and oxygen atoms in total. The lowest BCUT2D eigenvalue weighted by Gasteiger charge is -2.39. The largest absolute Gasteiger partial charge is 0.383 e. The Morgan fingerprint density at radius 2 is 1.94 bits per heavy atom. The minimum atomic E-state index is 0.527. The van der Waals surface area contributed by atoms with Gasteiger partial charge < -0.3 is 15.0 Å². The van der Waals surface area contributed by atoms with E-state index in [0.29, 0.717) is 6.04 Å². The first-order valence-electron chi connectivity index (χ1n) is 6.41. The molecule has 96 valence electrons. The van der Waals surface area contributed by atoms with Crippen LogP contribution in [0.15, 0.2) is 0 Å². The summed E-state index contributed by atoms with van der Waals surface area (Å²) >= 11 is 0. The summed E-state index contributed by atoms with van der Waals surface area (Å²) in [6.45, 7) is 10.1. The number of likely N-dealkylation sites (N-methyl/N-ethyl adjacent to an activating group) is 1. The summed E-state index contributed by atoms with van der Waals surface area (Å²) < 4.78 is 5.29. The number of nitrogens with zero attached hydrogens (tertiary/aromatic N) is 2. The van der Waals surface area contributed by atoms with Crippen LogP contribution >= 0.6 is 0 Å². The minimum absolute atomic E-state index is 0.527. The fourth-order valence-corrected chi connectivity index (χ4v) is 2.39. The number of rotatable bonds is 7. The Balaban J connectivity index is 2.31. The molecule has 1 aliphatic rings. The molecule has 1 unspecified atom stereocenters. The second-order valence-electron chi connectivity index (χ2n) is 4.54. The quantitative estimate of drug-likeness (QED) is 0.677. The molecule has 0 aromatic heterocycles. The Hall–Kier alpha value is -0.160. The Morgan fingerprint density at radius 1 is 1.25 bits per heavy atom. The van der Waals surface area contributed by atoms with Crippen LogP contribution in [0, 0.1) is 0 Å². The average molecular weight is 229 g/mol. The number of methoxy groups -OCH3 is 1. The molecule has 1 saturated heterocycles. The van der Waals surface area contributed by atoms with Crippen molar-refractivity contribution in [2.24, 2.45) is 0 Å². The van der Waals surface area contributed by atoms with E-state index in [2.05, 4.69) is 22.0 Å². The summed E-state index contributed by atoms with van der Waals surface area (Å²) in [5.74, 6) is 0. The van der Waals surface area contributed by atoms with E-state index in [4.69, 9.17) is 4.74 Å². The Bertz CT molecular complexity index is 164. The van der Waals surface area contributed by atoms with Crippen molar-refractivity contribution in [3.63, 3.8) is 0 Å². The van der Waals surface area contributed by atoms with Crippen molar-refractivity contribution in [3.05, 3.63) is 0 Å².